The second-order valence-corrected chi connectivity index (χ2v) is 8.59. The molecule has 0 bridgehead atoms. The average Bonchev–Trinajstić information content (AvgIpc) is 2.68. The zero-order valence-corrected chi connectivity index (χ0v) is 17.8. The van der Waals surface area contributed by atoms with Crippen LogP contribution in [0.3, 0.4) is 0 Å². The summed E-state index contributed by atoms with van der Waals surface area (Å²) in [7, 11) is 0. The molecule has 0 aromatic heterocycles. The molecule has 0 aliphatic heterocycles. The van der Waals surface area contributed by atoms with Crippen LogP contribution in [0.15, 0.2) is 18.2 Å². The summed E-state index contributed by atoms with van der Waals surface area (Å²) < 4.78 is 0. The van der Waals surface area contributed by atoms with Crippen molar-refractivity contribution in [1.29, 1.82) is 0 Å². The summed E-state index contributed by atoms with van der Waals surface area (Å²) in [6.45, 7) is 3.44. The molecular weight excluding hydrogens is 330 g/mol. The van der Waals surface area contributed by atoms with Gasteiger partial charge in [-0.3, -0.25) is 0 Å². The summed E-state index contributed by atoms with van der Waals surface area (Å²) in [6.07, 6.45) is 21.9. The van der Waals surface area contributed by atoms with E-state index >= 15 is 0 Å². The van der Waals surface area contributed by atoms with E-state index in [2.05, 4.69) is 18.3 Å². The molecular formula is C25H43NO. The maximum absolute atomic E-state index is 9.66. The molecule has 1 atom stereocenters. The van der Waals surface area contributed by atoms with E-state index in [1.807, 2.05) is 12.1 Å². The Bertz CT molecular complexity index is 499. The summed E-state index contributed by atoms with van der Waals surface area (Å²) >= 11 is 0. The molecule has 0 radical (unpaired) electrons. The molecule has 0 spiro atoms. The van der Waals surface area contributed by atoms with E-state index in [1.165, 1.54) is 101 Å². The van der Waals surface area contributed by atoms with Gasteiger partial charge in [-0.25, -0.2) is 0 Å². The van der Waals surface area contributed by atoms with Crippen LogP contribution in [-0.2, 0) is 12.8 Å². The van der Waals surface area contributed by atoms with Crippen LogP contribution in [-0.4, -0.2) is 17.7 Å². The summed E-state index contributed by atoms with van der Waals surface area (Å²) in [4.78, 5) is 0. The van der Waals surface area contributed by atoms with Gasteiger partial charge in [0.1, 0.15) is 5.75 Å². The van der Waals surface area contributed by atoms with Crippen LogP contribution >= 0.6 is 0 Å². The first-order valence-electron chi connectivity index (χ1n) is 11.8. The Hall–Kier alpha value is -1.02. The maximum atomic E-state index is 9.66. The Labute approximate surface area is 168 Å². The van der Waals surface area contributed by atoms with Crippen molar-refractivity contribution in [3.05, 3.63) is 29.3 Å². The van der Waals surface area contributed by atoms with Crippen LogP contribution in [0.2, 0.25) is 0 Å². The van der Waals surface area contributed by atoms with Gasteiger partial charge in [0.05, 0.1) is 0 Å². The van der Waals surface area contributed by atoms with Gasteiger partial charge in [-0.15, -0.1) is 0 Å². The Morgan fingerprint density at radius 2 is 1.41 bits per heavy atom. The molecule has 1 aliphatic rings. The SMILES string of the molecule is CCCCCCCCCCCCCCCNC1CCc2ccc(O)cc2C1. The second-order valence-electron chi connectivity index (χ2n) is 8.59. The van der Waals surface area contributed by atoms with Crippen molar-refractivity contribution < 1.29 is 5.11 Å². The molecule has 0 saturated carbocycles. The molecule has 154 valence electrons. The molecule has 1 aromatic rings. The second kappa shape index (κ2) is 14.0. The van der Waals surface area contributed by atoms with E-state index in [-0.39, 0.29) is 0 Å². The van der Waals surface area contributed by atoms with Crippen LogP contribution in [0.1, 0.15) is 108 Å². The average molecular weight is 374 g/mol. The van der Waals surface area contributed by atoms with E-state index in [4.69, 9.17) is 0 Å². The summed E-state index contributed by atoms with van der Waals surface area (Å²) in [5, 5.41) is 13.4. The van der Waals surface area contributed by atoms with E-state index in [0.29, 0.717) is 11.8 Å². The highest BCUT2D eigenvalue weighted by Gasteiger charge is 2.18. The highest BCUT2D eigenvalue weighted by atomic mass is 16.3. The minimum absolute atomic E-state index is 0.408. The van der Waals surface area contributed by atoms with Gasteiger partial charge < -0.3 is 10.4 Å². The van der Waals surface area contributed by atoms with E-state index in [9.17, 15) is 5.11 Å². The standard InChI is InChI=1S/C25H43NO/c1-2-3-4-5-6-7-8-9-10-11-12-13-14-19-26-24-17-15-22-16-18-25(27)21-23(22)20-24/h16,18,21,24,26-27H,2-15,17,19-20H2,1H3. The Morgan fingerprint density at radius 1 is 0.815 bits per heavy atom. The fourth-order valence-corrected chi connectivity index (χ4v) is 4.37. The fraction of sp³-hybridized carbons (Fsp3) is 0.760. The first kappa shape index (κ1) is 22.3. The zero-order valence-electron chi connectivity index (χ0n) is 17.8. The van der Waals surface area contributed by atoms with Crippen molar-refractivity contribution in [2.75, 3.05) is 6.54 Å². The van der Waals surface area contributed by atoms with Gasteiger partial charge in [-0.2, -0.15) is 0 Å². The Kier molecular flexibility index (Phi) is 11.6. The number of phenols is 1. The largest absolute Gasteiger partial charge is 0.508 e. The highest BCUT2D eigenvalue weighted by Crippen LogP contribution is 2.25. The van der Waals surface area contributed by atoms with E-state index in [1.54, 1.807) is 0 Å². The molecule has 2 nitrogen and oxygen atoms in total. The topological polar surface area (TPSA) is 32.3 Å². The number of aromatic hydroxyl groups is 1. The third-order valence-corrected chi connectivity index (χ3v) is 6.13. The predicted molar refractivity (Wildman–Crippen MR) is 118 cm³/mol. The third kappa shape index (κ3) is 9.65. The van der Waals surface area contributed by atoms with E-state index in [0.717, 1.165) is 19.4 Å². The molecule has 0 amide bonds. The van der Waals surface area contributed by atoms with Crippen molar-refractivity contribution in [1.82, 2.24) is 5.32 Å². The van der Waals surface area contributed by atoms with Gasteiger partial charge >= 0.3 is 0 Å². The van der Waals surface area contributed by atoms with Crippen LogP contribution in [0.5, 0.6) is 5.75 Å². The number of phenolic OH excluding ortho intramolecular Hbond substituents is 1. The number of nitrogens with one attached hydrogen (secondary N) is 1. The van der Waals surface area contributed by atoms with Gasteiger partial charge in [0.25, 0.3) is 0 Å². The van der Waals surface area contributed by atoms with Crippen molar-refractivity contribution in [3.63, 3.8) is 0 Å². The lowest BCUT2D eigenvalue weighted by Crippen LogP contribution is -2.35. The molecule has 2 heteroatoms. The fourth-order valence-electron chi connectivity index (χ4n) is 4.37. The molecule has 0 saturated heterocycles. The predicted octanol–water partition coefficient (Wildman–Crippen LogP) is 6.93. The van der Waals surface area contributed by atoms with Crippen molar-refractivity contribution in [2.45, 2.75) is 116 Å². The zero-order chi connectivity index (χ0) is 19.2. The van der Waals surface area contributed by atoms with Crippen molar-refractivity contribution in [2.24, 2.45) is 0 Å². The minimum Gasteiger partial charge on any atom is -0.508 e. The van der Waals surface area contributed by atoms with Crippen LogP contribution in [0, 0.1) is 0 Å². The van der Waals surface area contributed by atoms with Crippen LogP contribution in [0.4, 0.5) is 0 Å². The van der Waals surface area contributed by atoms with Crippen LogP contribution < -0.4 is 5.32 Å². The number of hydrogen-bond donors (Lipinski definition) is 2. The molecule has 2 N–H and O–H groups in total. The highest BCUT2D eigenvalue weighted by molar-refractivity contribution is 5.37. The van der Waals surface area contributed by atoms with Gasteiger partial charge in [-0.1, -0.05) is 90.0 Å². The lowest BCUT2D eigenvalue weighted by atomic mass is 9.88. The monoisotopic (exact) mass is 373 g/mol. The summed E-state index contributed by atoms with van der Waals surface area (Å²) in [6, 6.07) is 6.46. The summed E-state index contributed by atoms with van der Waals surface area (Å²) in [5.41, 5.74) is 2.76. The molecule has 1 aromatic carbocycles. The Balaban J connectivity index is 1.37. The van der Waals surface area contributed by atoms with Crippen LogP contribution in [0.25, 0.3) is 0 Å². The lowest BCUT2D eigenvalue weighted by molar-refractivity contribution is 0.440. The Morgan fingerprint density at radius 3 is 2.04 bits per heavy atom. The first-order valence-corrected chi connectivity index (χ1v) is 11.8. The van der Waals surface area contributed by atoms with Crippen molar-refractivity contribution in [3.8, 4) is 5.75 Å². The lowest BCUT2D eigenvalue weighted by Gasteiger charge is -2.25. The normalized spacial score (nSPS) is 16.4. The van der Waals surface area contributed by atoms with Gasteiger partial charge in [0.15, 0.2) is 0 Å². The van der Waals surface area contributed by atoms with E-state index < -0.39 is 0 Å². The molecule has 1 unspecified atom stereocenters. The molecule has 1 aliphatic carbocycles. The number of unbranched alkanes of at least 4 members (excludes halogenated alkanes) is 12. The quantitative estimate of drug-likeness (QED) is 0.327. The van der Waals surface area contributed by atoms with Gasteiger partial charge in [-0.05, 0) is 55.5 Å². The third-order valence-electron chi connectivity index (χ3n) is 6.13. The number of benzene rings is 1. The van der Waals surface area contributed by atoms with Gasteiger partial charge in [0.2, 0.25) is 0 Å². The molecule has 0 heterocycles. The number of rotatable bonds is 15. The molecule has 0 fully saturated rings. The van der Waals surface area contributed by atoms with Crippen molar-refractivity contribution >= 4 is 0 Å². The number of fused-ring (bicyclic) bond motifs is 1. The smallest absolute Gasteiger partial charge is 0.115 e. The minimum atomic E-state index is 0.408. The maximum Gasteiger partial charge on any atom is 0.115 e. The number of hydrogen-bond acceptors (Lipinski definition) is 2. The van der Waals surface area contributed by atoms with Gasteiger partial charge in [0, 0.05) is 6.04 Å². The molecule has 2 rings (SSSR count). The first-order chi connectivity index (χ1) is 13.3. The number of aryl methyl sites for hydroxylation is 1. The molecule has 27 heavy (non-hydrogen) atoms. The summed E-state index contributed by atoms with van der Waals surface area (Å²) in [5.74, 6) is 0.408.